The van der Waals surface area contributed by atoms with Crippen molar-refractivity contribution in [1.82, 2.24) is 62.8 Å². The number of para-hydroxylation sites is 1. The van der Waals surface area contributed by atoms with Gasteiger partial charge in [0.1, 0.15) is 42.1 Å². The molecule has 1 saturated heterocycles. The molecule has 3 heterocycles. The second kappa shape index (κ2) is 28.1. The molecule has 23 heteroatoms. The summed E-state index contributed by atoms with van der Waals surface area (Å²) in [5.41, 5.74) is 7.39. The third-order valence-corrected chi connectivity index (χ3v) is 12.0. The van der Waals surface area contributed by atoms with Crippen molar-refractivity contribution in [2.45, 2.75) is 127 Å². The molecule has 2 aromatic carbocycles. The van der Waals surface area contributed by atoms with Gasteiger partial charge in [-0.05, 0) is 61.8 Å². The van der Waals surface area contributed by atoms with E-state index >= 15 is 4.39 Å². The van der Waals surface area contributed by atoms with Crippen LogP contribution in [0.4, 0.5) is 4.39 Å². The molecule has 5 rings (SSSR count). The lowest BCUT2D eigenvalue weighted by Crippen LogP contribution is -2.60. The maximum absolute atomic E-state index is 15.4. The lowest BCUT2D eigenvalue weighted by Gasteiger charge is -2.28. The number of rotatable bonds is 16. The molecular formula is C49H67FN14O8. The Hall–Kier alpha value is -7.85. The molecule has 388 valence electrons. The van der Waals surface area contributed by atoms with Crippen LogP contribution in [0.25, 0.3) is 10.9 Å². The molecule has 0 aliphatic carbocycles. The molecule has 0 saturated carbocycles. The van der Waals surface area contributed by atoms with E-state index in [0.717, 1.165) is 16.5 Å². The van der Waals surface area contributed by atoms with Gasteiger partial charge in [0.15, 0.2) is 5.96 Å². The topological polar surface area (TPSA) is 339 Å². The number of nitrogens with zero attached hydrogens (tertiary/aromatic N) is 1. The third kappa shape index (κ3) is 17.5. The van der Waals surface area contributed by atoms with Crippen LogP contribution in [0.1, 0.15) is 88.5 Å². The van der Waals surface area contributed by atoms with Gasteiger partial charge in [-0.2, -0.15) is 0 Å². The number of nitrogens with two attached hydrogens (primary N) is 1. The van der Waals surface area contributed by atoms with E-state index in [-0.39, 0.29) is 76.1 Å². The van der Waals surface area contributed by atoms with Gasteiger partial charge in [-0.25, -0.2) is 9.37 Å². The van der Waals surface area contributed by atoms with Crippen LogP contribution in [0.15, 0.2) is 67.3 Å². The van der Waals surface area contributed by atoms with E-state index in [1.54, 1.807) is 12.3 Å². The highest BCUT2D eigenvalue weighted by Crippen LogP contribution is 2.20. The first-order valence-electron chi connectivity index (χ1n) is 24.3. The molecule has 1 aliphatic rings. The highest BCUT2D eigenvalue weighted by atomic mass is 19.1. The van der Waals surface area contributed by atoms with Crippen LogP contribution < -0.4 is 53.6 Å². The fraction of sp³-hybridized carbons (Fsp3) is 0.469. The predicted molar refractivity (Wildman–Crippen MR) is 265 cm³/mol. The van der Waals surface area contributed by atoms with E-state index in [9.17, 15) is 38.4 Å². The number of hydrogen-bond acceptors (Lipinski definition) is 10. The van der Waals surface area contributed by atoms with E-state index < -0.39 is 95.7 Å². The number of benzene rings is 2. The second-order valence-electron chi connectivity index (χ2n) is 17.7. The van der Waals surface area contributed by atoms with Crippen molar-refractivity contribution in [2.75, 3.05) is 19.6 Å². The van der Waals surface area contributed by atoms with Crippen molar-refractivity contribution in [3.05, 3.63) is 89.9 Å². The maximum atomic E-state index is 15.4. The molecule has 72 heavy (non-hydrogen) atoms. The molecule has 1 fully saturated rings. The Labute approximate surface area is 416 Å². The van der Waals surface area contributed by atoms with Crippen LogP contribution in [0.5, 0.6) is 0 Å². The van der Waals surface area contributed by atoms with Crippen molar-refractivity contribution in [2.24, 2.45) is 5.73 Å². The van der Waals surface area contributed by atoms with E-state index in [2.05, 4.69) is 62.8 Å². The number of carbonyl (C=O) groups is 8. The summed E-state index contributed by atoms with van der Waals surface area (Å²) >= 11 is 0. The van der Waals surface area contributed by atoms with Crippen LogP contribution in [-0.4, -0.2) is 124 Å². The number of nitrogens with one attached hydrogen (secondary N) is 12. The van der Waals surface area contributed by atoms with E-state index in [4.69, 9.17) is 11.1 Å². The van der Waals surface area contributed by atoms with Crippen LogP contribution in [-0.2, 0) is 57.6 Å². The first-order chi connectivity index (χ1) is 34.6. The minimum atomic E-state index is -1.58. The number of aromatic amines is 2. The lowest BCUT2D eigenvalue weighted by atomic mass is 10.0. The number of H-pyrrole nitrogens is 2. The summed E-state index contributed by atoms with van der Waals surface area (Å²) in [5, 5.41) is 32.9. The van der Waals surface area contributed by atoms with Crippen molar-refractivity contribution in [3.8, 4) is 0 Å². The van der Waals surface area contributed by atoms with Crippen molar-refractivity contribution in [1.29, 1.82) is 5.41 Å². The fourth-order valence-electron chi connectivity index (χ4n) is 8.17. The SMILES string of the molecule is CCCC[C@H](NC(C)=O)C(=O)N[C@H]1CCC(=O)NCCCCNC(=O)[C@H](Cc2c[nH]c3ccccc23)NC(=O)[C@H](CCCNC(=N)N)NC(=O)[C@@H](Cc2ccccc2F)NC(=O)[C@H](Cc2c[nH]cn2)NC1=O. The van der Waals surface area contributed by atoms with Gasteiger partial charge in [-0.3, -0.25) is 43.8 Å². The molecule has 6 atom stereocenters. The largest absolute Gasteiger partial charge is 0.370 e. The minimum Gasteiger partial charge on any atom is -0.370 e. The van der Waals surface area contributed by atoms with Gasteiger partial charge in [0, 0.05) is 75.5 Å². The number of unbranched alkanes of at least 4 members (excludes halogenated alkanes) is 1. The summed E-state index contributed by atoms with van der Waals surface area (Å²) in [4.78, 5) is 121. The van der Waals surface area contributed by atoms with Crippen LogP contribution in [0.2, 0.25) is 0 Å². The Morgan fingerprint density at radius 3 is 2.12 bits per heavy atom. The van der Waals surface area contributed by atoms with Gasteiger partial charge >= 0.3 is 0 Å². The smallest absolute Gasteiger partial charge is 0.243 e. The van der Waals surface area contributed by atoms with E-state index in [1.807, 2.05) is 31.2 Å². The Morgan fingerprint density at radius 2 is 1.43 bits per heavy atom. The minimum absolute atomic E-state index is 0.0307. The number of guanidine groups is 1. The Kier molecular flexibility index (Phi) is 21.5. The second-order valence-corrected chi connectivity index (χ2v) is 17.7. The molecule has 2 aromatic heterocycles. The molecule has 22 nitrogen and oxygen atoms in total. The molecule has 0 radical (unpaired) electrons. The molecule has 4 aromatic rings. The average Bonchev–Trinajstić information content (AvgIpc) is 4.03. The summed E-state index contributed by atoms with van der Waals surface area (Å²) in [7, 11) is 0. The number of halogens is 1. The van der Waals surface area contributed by atoms with Gasteiger partial charge in [0.25, 0.3) is 0 Å². The number of fused-ring (bicyclic) bond motifs is 1. The van der Waals surface area contributed by atoms with Crippen molar-refractivity contribution < 1.29 is 42.7 Å². The summed E-state index contributed by atoms with van der Waals surface area (Å²) in [6.45, 7) is 3.67. The first kappa shape index (κ1) is 55.1. The van der Waals surface area contributed by atoms with Gasteiger partial charge in [-0.1, -0.05) is 56.2 Å². The normalized spacial score (nSPS) is 20.6. The summed E-state index contributed by atoms with van der Waals surface area (Å²) in [5.74, 6) is -6.61. The van der Waals surface area contributed by atoms with E-state index in [1.165, 1.54) is 37.6 Å². The van der Waals surface area contributed by atoms with Gasteiger partial charge in [-0.15, -0.1) is 0 Å². The Morgan fingerprint density at radius 1 is 0.792 bits per heavy atom. The highest BCUT2D eigenvalue weighted by molar-refractivity contribution is 5.97. The van der Waals surface area contributed by atoms with E-state index in [0.29, 0.717) is 31.4 Å². The third-order valence-electron chi connectivity index (χ3n) is 12.0. The number of carbonyl (C=O) groups excluding carboxylic acids is 8. The molecular weight excluding hydrogens is 932 g/mol. The molecule has 0 unspecified atom stereocenters. The Balaban J connectivity index is 1.52. The number of hydrogen-bond donors (Lipinski definition) is 13. The van der Waals surface area contributed by atoms with Crippen molar-refractivity contribution in [3.63, 3.8) is 0 Å². The summed E-state index contributed by atoms with van der Waals surface area (Å²) < 4.78 is 15.4. The standard InChI is InChI=1S/C49H67FN14O8/c1-3-4-15-36(59-29(2)65)44(68)61-38-18-19-42(66)54-20-9-10-21-55-43(67)39(24-31-26-57-35-16-8-6-13-33(31)35)62-45(69)37(17-11-22-56-49(51)52)60-47(71)40(23-30-12-5-7-14-34(30)50)63-48(72)41(64-46(38)70)25-32-27-53-28-58-32/h5-8,12-14,16,26-28,36-41,57H,3-4,9-11,15,17-25H2,1-2H3,(H,53,58)(H,54,66)(H,55,67)(H,59,65)(H,60,71)(H,61,68)(H,62,69)(H,63,72)(H,64,70)(H4,51,52,56)/t36-,37-,38-,39-,40+,41-/m0/s1. The monoisotopic (exact) mass is 999 g/mol. The first-order valence-corrected chi connectivity index (χ1v) is 24.3. The summed E-state index contributed by atoms with van der Waals surface area (Å²) in [6.07, 6.45) is 6.05. The molecule has 1 aliphatic heterocycles. The lowest BCUT2D eigenvalue weighted by molar-refractivity contribution is -0.135. The predicted octanol–water partition coefficient (Wildman–Crippen LogP) is 0.247. The zero-order chi connectivity index (χ0) is 52.0. The molecule has 0 spiro atoms. The van der Waals surface area contributed by atoms with Gasteiger partial charge < -0.3 is 63.6 Å². The number of amides is 8. The van der Waals surface area contributed by atoms with Crippen LogP contribution in [0, 0.1) is 11.2 Å². The van der Waals surface area contributed by atoms with Crippen LogP contribution >= 0.6 is 0 Å². The number of imidazole rings is 1. The van der Waals surface area contributed by atoms with Gasteiger partial charge in [0.2, 0.25) is 47.3 Å². The maximum Gasteiger partial charge on any atom is 0.243 e. The molecule has 8 amide bonds. The zero-order valence-corrected chi connectivity index (χ0v) is 40.6. The highest BCUT2D eigenvalue weighted by Gasteiger charge is 2.35. The summed E-state index contributed by atoms with van der Waals surface area (Å²) in [6, 6.07) is 5.06. The molecule has 14 N–H and O–H groups in total. The average molecular weight is 999 g/mol. The van der Waals surface area contributed by atoms with Crippen molar-refractivity contribution >= 4 is 64.1 Å². The fourth-order valence-corrected chi connectivity index (χ4v) is 8.17. The number of aromatic nitrogens is 3. The van der Waals surface area contributed by atoms with Gasteiger partial charge in [0.05, 0.1) is 12.0 Å². The Bertz CT molecular complexity index is 2500. The van der Waals surface area contributed by atoms with Crippen LogP contribution in [0.3, 0.4) is 0 Å². The quantitative estimate of drug-likeness (QED) is 0.0410. The molecule has 0 bridgehead atoms. The zero-order valence-electron chi connectivity index (χ0n) is 40.6.